The molecule has 4 rings (SSSR count). The molecule has 10 heteroatoms. The van der Waals surface area contributed by atoms with Crippen LogP contribution >= 0.6 is 27.3 Å². The van der Waals surface area contributed by atoms with Gasteiger partial charge < -0.3 is 18.9 Å². The van der Waals surface area contributed by atoms with Crippen LogP contribution in [0, 0.1) is 0 Å². The van der Waals surface area contributed by atoms with Crippen molar-refractivity contribution in [2.45, 2.75) is 26.8 Å². The molecule has 0 radical (unpaired) electrons. The molecule has 1 aliphatic heterocycles. The van der Waals surface area contributed by atoms with E-state index >= 15 is 0 Å². The molecule has 37 heavy (non-hydrogen) atoms. The maximum atomic E-state index is 13.8. The Morgan fingerprint density at radius 1 is 1.08 bits per heavy atom. The zero-order valence-electron chi connectivity index (χ0n) is 21.2. The SMILES string of the molecule is CCOC(=O)C1=C(C)N=c2s/c(=C/c3ccc(OC)c(OCC)c3)c(=O)n2[C@@H]1c1ccc(OC)c(Br)c1. The molecule has 8 nitrogen and oxygen atoms in total. The molecule has 1 atom stereocenters. The zero-order valence-corrected chi connectivity index (χ0v) is 23.6. The number of ether oxygens (including phenoxy) is 4. The number of halogens is 1. The van der Waals surface area contributed by atoms with Crippen LogP contribution < -0.4 is 29.1 Å². The second-order valence-corrected chi connectivity index (χ2v) is 9.90. The number of thiazole rings is 1. The van der Waals surface area contributed by atoms with Crippen molar-refractivity contribution in [3.63, 3.8) is 0 Å². The van der Waals surface area contributed by atoms with Gasteiger partial charge in [-0.05, 0) is 78.2 Å². The van der Waals surface area contributed by atoms with Crippen LogP contribution in [-0.4, -0.2) is 38.0 Å². The lowest BCUT2D eigenvalue weighted by atomic mass is 9.96. The first-order chi connectivity index (χ1) is 17.8. The number of carbonyl (C=O) groups excluding carboxylic acids is 1. The van der Waals surface area contributed by atoms with Crippen LogP contribution in [0.25, 0.3) is 6.08 Å². The van der Waals surface area contributed by atoms with Gasteiger partial charge in [-0.25, -0.2) is 9.79 Å². The first kappa shape index (κ1) is 26.7. The van der Waals surface area contributed by atoms with Gasteiger partial charge >= 0.3 is 5.97 Å². The maximum Gasteiger partial charge on any atom is 0.338 e. The molecule has 0 saturated heterocycles. The second-order valence-electron chi connectivity index (χ2n) is 8.04. The number of aromatic nitrogens is 1. The molecular weight excluding hydrogens is 560 g/mol. The summed E-state index contributed by atoms with van der Waals surface area (Å²) in [4.78, 5) is 32.0. The second kappa shape index (κ2) is 11.4. The Morgan fingerprint density at radius 2 is 1.81 bits per heavy atom. The van der Waals surface area contributed by atoms with Crippen molar-refractivity contribution >= 4 is 39.3 Å². The van der Waals surface area contributed by atoms with E-state index in [2.05, 4.69) is 20.9 Å². The third kappa shape index (κ3) is 5.21. The normalized spacial score (nSPS) is 15.2. The highest BCUT2D eigenvalue weighted by Crippen LogP contribution is 2.35. The number of fused-ring (bicyclic) bond motifs is 1. The quantitative estimate of drug-likeness (QED) is 0.371. The van der Waals surface area contributed by atoms with Crippen molar-refractivity contribution in [1.82, 2.24) is 4.57 Å². The minimum Gasteiger partial charge on any atom is -0.496 e. The summed E-state index contributed by atoms with van der Waals surface area (Å²) in [5.41, 5.74) is 2.07. The fraction of sp³-hybridized carbons (Fsp3) is 0.296. The van der Waals surface area contributed by atoms with Gasteiger partial charge in [0.15, 0.2) is 16.3 Å². The minimum atomic E-state index is -0.713. The summed E-state index contributed by atoms with van der Waals surface area (Å²) >= 11 is 4.78. The lowest BCUT2D eigenvalue weighted by Crippen LogP contribution is -2.39. The van der Waals surface area contributed by atoms with E-state index < -0.39 is 12.0 Å². The van der Waals surface area contributed by atoms with E-state index in [0.29, 0.717) is 48.9 Å². The predicted octanol–water partition coefficient (Wildman–Crippen LogP) is 3.98. The third-order valence-electron chi connectivity index (χ3n) is 5.79. The highest BCUT2D eigenvalue weighted by molar-refractivity contribution is 9.10. The van der Waals surface area contributed by atoms with Gasteiger partial charge in [-0.1, -0.05) is 23.5 Å². The van der Waals surface area contributed by atoms with Crippen molar-refractivity contribution in [2.75, 3.05) is 27.4 Å². The Bertz CT molecular complexity index is 1560. The van der Waals surface area contributed by atoms with Gasteiger partial charge in [-0.2, -0.15) is 0 Å². The molecule has 0 saturated carbocycles. The van der Waals surface area contributed by atoms with E-state index in [-0.39, 0.29) is 12.2 Å². The largest absolute Gasteiger partial charge is 0.496 e. The summed E-state index contributed by atoms with van der Waals surface area (Å²) in [5, 5.41) is 0. The van der Waals surface area contributed by atoms with E-state index in [0.717, 1.165) is 11.1 Å². The highest BCUT2D eigenvalue weighted by atomic mass is 79.9. The smallest absolute Gasteiger partial charge is 0.338 e. The summed E-state index contributed by atoms with van der Waals surface area (Å²) in [6, 6.07) is 10.2. The third-order valence-corrected chi connectivity index (χ3v) is 7.40. The number of hydrogen-bond acceptors (Lipinski definition) is 8. The fourth-order valence-corrected chi connectivity index (χ4v) is 5.77. The fourth-order valence-electron chi connectivity index (χ4n) is 4.16. The molecule has 1 aliphatic rings. The molecule has 2 aromatic carbocycles. The molecule has 0 amide bonds. The Morgan fingerprint density at radius 3 is 2.46 bits per heavy atom. The number of allylic oxidation sites excluding steroid dienone is 1. The Kier molecular flexibility index (Phi) is 8.19. The van der Waals surface area contributed by atoms with Gasteiger partial charge in [-0.15, -0.1) is 0 Å². The Hall–Kier alpha value is -3.37. The first-order valence-corrected chi connectivity index (χ1v) is 13.3. The summed E-state index contributed by atoms with van der Waals surface area (Å²) in [6.45, 7) is 6.08. The average Bonchev–Trinajstić information content (AvgIpc) is 3.17. The lowest BCUT2D eigenvalue weighted by Gasteiger charge is -2.25. The highest BCUT2D eigenvalue weighted by Gasteiger charge is 2.33. The van der Waals surface area contributed by atoms with Crippen LogP contribution in [0.15, 0.2) is 61.9 Å². The zero-order chi connectivity index (χ0) is 26.7. The molecule has 0 fully saturated rings. The van der Waals surface area contributed by atoms with Gasteiger partial charge in [0.05, 0.1) is 53.8 Å². The number of hydrogen-bond donors (Lipinski definition) is 0. The molecule has 2 heterocycles. The van der Waals surface area contributed by atoms with E-state index in [9.17, 15) is 9.59 Å². The van der Waals surface area contributed by atoms with Crippen molar-refractivity contribution in [1.29, 1.82) is 0 Å². The summed E-state index contributed by atoms with van der Waals surface area (Å²) in [5.74, 6) is 1.33. The number of carbonyl (C=O) groups is 1. The van der Waals surface area contributed by atoms with Gasteiger partial charge in [-0.3, -0.25) is 9.36 Å². The number of rotatable bonds is 8. The van der Waals surface area contributed by atoms with Crippen molar-refractivity contribution in [2.24, 2.45) is 4.99 Å². The van der Waals surface area contributed by atoms with Crippen molar-refractivity contribution in [3.8, 4) is 17.2 Å². The topological polar surface area (TPSA) is 88.4 Å². The summed E-state index contributed by atoms with van der Waals surface area (Å²) in [6.07, 6.45) is 1.79. The summed E-state index contributed by atoms with van der Waals surface area (Å²) in [7, 11) is 3.16. The van der Waals surface area contributed by atoms with Gasteiger partial charge in [0.25, 0.3) is 5.56 Å². The number of methoxy groups -OCH3 is 2. The van der Waals surface area contributed by atoms with Crippen molar-refractivity contribution < 1.29 is 23.7 Å². The van der Waals surface area contributed by atoms with Gasteiger partial charge in [0.2, 0.25) is 0 Å². The standard InChI is InChI=1S/C27H27BrN2O6S/c1-6-35-21-12-16(8-10-20(21)34-5)13-22-25(31)30-24(17-9-11-19(33-4)18(28)14-17)23(26(32)36-7-2)15(3)29-27(30)37-22/h8-14,24H,6-7H2,1-5H3/b22-13+/t24-/m1/s1. The predicted molar refractivity (Wildman–Crippen MR) is 145 cm³/mol. The Balaban J connectivity index is 1.92. The number of esters is 1. The first-order valence-electron chi connectivity index (χ1n) is 11.7. The average molecular weight is 587 g/mol. The molecule has 194 valence electrons. The summed E-state index contributed by atoms with van der Waals surface area (Å²) < 4.78 is 24.5. The molecule has 0 bridgehead atoms. The molecule has 0 unspecified atom stereocenters. The minimum absolute atomic E-state index is 0.207. The van der Waals surface area contributed by atoms with E-state index in [1.54, 1.807) is 50.8 Å². The number of nitrogens with zero attached hydrogens (tertiary/aromatic N) is 2. The van der Waals surface area contributed by atoms with Crippen LogP contribution in [-0.2, 0) is 9.53 Å². The molecule has 0 N–H and O–H groups in total. The van der Waals surface area contributed by atoms with Crippen LogP contribution in [0.2, 0.25) is 0 Å². The molecular formula is C27H27BrN2O6S. The number of benzene rings is 2. The van der Waals surface area contributed by atoms with E-state index in [1.165, 1.54) is 11.3 Å². The molecule has 0 aliphatic carbocycles. The van der Waals surface area contributed by atoms with Crippen LogP contribution in [0.3, 0.4) is 0 Å². The van der Waals surface area contributed by atoms with Crippen molar-refractivity contribution in [3.05, 3.63) is 83.0 Å². The van der Waals surface area contributed by atoms with Gasteiger partial charge in [0, 0.05) is 0 Å². The van der Waals surface area contributed by atoms with E-state index in [1.807, 2.05) is 31.2 Å². The van der Waals surface area contributed by atoms with Crippen LogP contribution in [0.1, 0.15) is 37.9 Å². The van der Waals surface area contributed by atoms with Crippen LogP contribution in [0.4, 0.5) is 0 Å². The van der Waals surface area contributed by atoms with E-state index in [4.69, 9.17) is 18.9 Å². The van der Waals surface area contributed by atoms with Crippen LogP contribution in [0.5, 0.6) is 17.2 Å². The molecule has 0 spiro atoms. The maximum absolute atomic E-state index is 13.8. The molecule has 1 aromatic heterocycles. The van der Waals surface area contributed by atoms with Gasteiger partial charge in [0.1, 0.15) is 5.75 Å². The monoisotopic (exact) mass is 586 g/mol. The Labute approximate surface area is 226 Å². The lowest BCUT2D eigenvalue weighted by molar-refractivity contribution is -0.139. The molecule has 3 aromatic rings.